The lowest BCUT2D eigenvalue weighted by Crippen LogP contribution is -2.45. The van der Waals surface area contributed by atoms with Gasteiger partial charge in [0.05, 0.1) is 6.42 Å². The Morgan fingerprint density at radius 1 is 1.28 bits per heavy atom. The number of nitrogens with one attached hydrogen (secondary N) is 1. The highest BCUT2D eigenvalue weighted by Gasteiger charge is 2.25. The van der Waals surface area contributed by atoms with Crippen LogP contribution < -0.4 is 11.1 Å². The van der Waals surface area contributed by atoms with Gasteiger partial charge in [0, 0.05) is 5.92 Å². The van der Waals surface area contributed by atoms with Crippen molar-refractivity contribution in [3.8, 4) is 0 Å². The van der Waals surface area contributed by atoms with E-state index in [4.69, 9.17) is 10.8 Å². The lowest BCUT2D eigenvalue weighted by Gasteiger charge is -2.18. The number of carbonyl (C=O) groups is 3. The second kappa shape index (κ2) is 8.49. The largest absolute Gasteiger partial charge is 0.480 e. The Labute approximate surface area is 107 Å². The van der Waals surface area contributed by atoms with Crippen LogP contribution in [0.5, 0.6) is 0 Å². The van der Waals surface area contributed by atoms with Gasteiger partial charge in [-0.15, -0.1) is 0 Å². The molecule has 104 valence electrons. The summed E-state index contributed by atoms with van der Waals surface area (Å²) >= 11 is 0. The Bertz CT molecular complexity index is 304. The number of carbonyl (C=O) groups excluding carboxylic acids is 2. The predicted molar refractivity (Wildman–Crippen MR) is 66.7 cm³/mol. The van der Waals surface area contributed by atoms with E-state index < -0.39 is 17.9 Å². The maximum atomic E-state index is 11.8. The number of carboxylic acids is 1. The topological polar surface area (TPSA) is 109 Å². The summed E-state index contributed by atoms with van der Waals surface area (Å²) in [6.45, 7) is 3.90. The molecule has 0 aliphatic carbocycles. The first-order chi connectivity index (χ1) is 8.42. The minimum absolute atomic E-state index is 0.209. The number of unbranched alkanes of at least 4 members (excludes halogenated alkanes) is 1. The molecule has 0 bridgehead atoms. The van der Waals surface area contributed by atoms with Crippen LogP contribution in [0.1, 0.15) is 46.0 Å². The monoisotopic (exact) mass is 258 g/mol. The molecule has 4 N–H and O–H groups in total. The number of carboxylic acid groups (broad SMARTS) is 1. The summed E-state index contributed by atoms with van der Waals surface area (Å²) in [6.07, 6.45) is 2.88. The first-order valence-corrected chi connectivity index (χ1v) is 6.23. The predicted octanol–water partition coefficient (Wildman–Crippen LogP) is 0.648. The van der Waals surface area contributed by atoms with Gasteiger partial charge in [-0.25, -0.2) is 4.79 Å². The van der Waals surface area contributed by atoms with Gasteiger partial charge in [-0.3, -0.25) is 9.59 Å². The standard InChI is InChI=1S/C12H22N2O4/c1-3-5-6-8(4-2)11(16)14-9(12(17)18)7-10(13)15/h8-9H,3-7H2,1-2H3,(H2,13,15)(H,14,16)(H,17,18). The molecule has 18 heavy (non-hydrogen) atoms. The quantitative estimate of drug-likeness (QED) is 0.564. The highest BCUT2D eigenvalue weighted by Crippen LogP contribution is 2.13. The molecule has 0 aliphatic rings. The zero-order valence-corrected chi connectivity index (χ0v) is 10.9. The molecule has 0 fully saturated rings. The zero-order valence-electron chi connectivity index (χ0n) is 10.9. The van der Waals surface area contributed by atoms with E-state index in [2.05, 4.69) is 5.32 Å². The number of hydrogen-bond acceptors (Lipinski definition) is 3. The molecule has 0 aliphatic heterocycles. The number of amides is 2. The van der Waals surface area contributed by atoms with Crippen LogP contribution in [0.25, 0.3) is 0 Å². The Kier molecular flexibility index (Phi) is 7.74. The van der Waals surface area contributed by atoms with Crippen molar-refractivity contribution in [3.63, 3.8) is 0 Å². The zero-order chi connectivity index (χ0) is 14.1. The van der Waals surface area contributed by atoms with E-state index in [0.29, 0.717) is 6.42 Å². The second-order valence-corrected chi connectivity index (χ2v) is 4.32. The number of hydrogen-bond donors (Lipinski definition) is 3. The number of rotatable bonds is 9. The van der Waals surface area contributed by atoms with Crippen LogP contribution in [0.3, 0.4) is 0 Å². The van der Waals surface area contributed by atoms with Gasteiger partial charge in [0.1, 0.15) is 6.04 Å². The fourth-order valence-electron chi connectivity index (χ4n) is 1.66. The molecule has 0 saturated carbocycles. The third-order valence-electron chi connectivity index (χ3n) is 2.79. The van der Waals surface area contributed by atoms with Crippen molar-refractivity contribution in [1.29, 1.82) is 0 Å². The van der Waals surface area contributed by atoms with Crippen molar-refractivity contribution < 1.29 is 19.5 Å². The number of primary amides is 1. The lowest BCUT2D eigenvalue weighted by molar-refractivity contribution is -0.144. The smallest absolute Gasteiger partial charge is 0.326 e. The summed E-state index contributed by atoms with van der Waals surface area (Å²) in [7, 11) is 0. The van der Waals surface area contributed by atoms with E-state index in [-0.39, 0.29) is 18.2 Å². The molecule has 6 heteroatoms. The molecule has 0 aromatic rings. The minimum Gasteiger partial charge on any atom is -0.480 e. The molecular weight excluding hydrogens is 236 g/mol. The Morgan fingerprint density at radius 2 is 1.89 bits per heavy atom. The van der Waals surface area contributed by atoms with Crippen molar-refractivity contribution in [3.05, 3.63) is 0 Å². The maximum Gasteiger partial charge on any atom is 0.326 e. The van der Waals surface area contributed by atoms with Gasteiger partial charge in [-0.2, -0.15) is 0 Å². The molecule has 6 nitrogen and oxygen atoms in total. The van der Waals surface area contributed by atoms with E-state index in [1.807, 2.05) is 13.8 Å². The molecule has 0 saturated heterocycles. The summed E-state index contributed by atoms with van der Waals surface area (Å²) in [5, 5.41) is 11.2. The van der Waals surface area contributed by atoms with Crippen molar-refractivity contribution in [2.75, 3.05) is 0 Å². The van der Waals surface area contributed by atoms with Gasteiger partial charge in [-0.1, -0.05) is 26.7 Å². The van der Waals surface area contributed by atoms with Crippen LogP contribution in [0.15, 0.2) is 0 Å². The van der Waals surface area contributed by atoms with Gasteiger partial charge in [0.25, 0.3) is 0 Å². The Morgan fingerprint density at radius 3 is 2.28 bits per heavy atom. The molecule has 2 amide bonds. The lowest BCUT2D eigenvalue weighted by atomic mass is 9.98. The number of aliphatic carboxylic acids is 1. The number of nitrogens with two attached hydrogens (primary N) is 1. The Balaban J connectivity index is 4.46. The highest BCUT2D eigenvalue weighted by atomic mass is 16.4. The van der Waals surface area contributed by atoms with Gasteiger partial charge < -0.3 is 16.2 Å². The molecule has 0 rings (SSSR count). The molecule has 0 heterocycles. The van der Waals surface area contributed by atoms with E-state index >= 15 is 0 Å². The normalized spacial score (nSPS) is 13.7. The molecule has 0 aromatic heterocycles. The summed E-state index contributed by atoms with van der Waals surface area (Å²) in [5.41, 5.74) is 4.94. The van der Waals surface area contributed by atoms with Crippen molar-refractivity contribution in [2.24, 2.45) is 11.7 Å². The molecular formula is C12H22N2O4. The third-order valence-corrected chi connectivity index (χ3v) is 2.79. The van der Waals surface area contributed by atoms with Crippen molar-refractivity contribution in [2.45, 2.75) is 52.0 Å². The van der Waals surface area contributed by atoms with Gasteiger partial charge >= 0.3 is 5.97 Å². The van der Waals surface area contributed by atoms with E-state index in [0.717, 1.165) is 19.3 Å². The highest BCUT2D eigenvalue weighted by molar-refractivity contribution is 5.88. The van der Waals surface area contributed by atoms with Crippen LogP contribution in [-0.2, 0) is 14.4 Å². The second-order valence-electron chi connectivity index (χ2n) is 4.32. The van der Waals surface area contributed by atoms with Gasteiger partial charge in [0.2, 0.25) is 11.8 Å². The van der Waals surface area contributed by atoms with Crippen LogP contribution in [0.4, 0.5) is 0 Å². The molecule has 0 spiro atoms. The Hall–Kier alpha value is -1.59. The average Bonchev–Trinajstić information content (AvgIpc) is 2.28. The summed E-state index contributed by atoms with van der Waals surface area (Å²) in [5.74, 6) is -2.52. The van der Waals surface area contributed by atoms with Gasteiger partial charge in [0.15, 0.2) is 0 Å². The first kappa shape index (κ1) is 16.4. The summed E-state index contributed by atoms with van der Waals surface area (Å²) in [6, 6.07) is -1.23. The first-order valence-electron chi connectivity index (χ1n) is 6.23. The van der Waals surface area contributed by atoms with Crippen molar-refractivity contribution >= 4 is 17.8 Å². The van der Waals surface area contributed by atoms with Crippen LogP contribution >= 0.6 is 0 Å². The van der Waals surface area contributed by atoms with E-state index in [1.165, 1.54) is 0 Å². The van der Waals surface area contributed by atoms with Crippen LogP contribution in [0.2, 0.25) is 0 Å². The summed E-state index contributed by atoms with van der Waals surface area (Å²) in [4.78, 5) is 33.4. The van der Waals surface area contributed by atoms with Crippen molar-refractivity contribution in [1.82, 2.24) is 5.32 Å². The molecule has 0 aromatic carbocycles. The SMILES string of the molecule is CCCCC(CC)C(=O)NC(CC(N)=O)C(=O)O. The third kappa shape index (κ3) is 6.22. The maximum absolute atomic E-state index is 11.8. The van der Waals surface area contributed by atoms with Gasteiger partial charge in [-0.05, 0) is 12.8 Å². The fourth-order valence-corrected chi connectivity index (χ4v) is 1.66. The van der Waals surface area contributed by atoms with E-state index in [1.54, 1.807) is 0 Å². The molecule has 2 unspecified atom stereocenters. The summed E-state index contributed by atoms with van der Waals surface area (Å²) < 4.78 is 0. The van der Waals surface area contributed by atoms with E-state index in [9.17, 15) is 14.4 Å². The van der Waals surface area contributed by atoms with Crippen LogP contribution in [0, 0.1) is 5.92 Å². The fraction of sp³-hybridized carbons (Fsp3) is 0.750. The van der Waals surface area contributed by atoms with Crippen LogP contribution in [-0.4, -0.2) is 28.9 Å². The molecule has 2 atom stereocenters. The average molecular weight is 258 g/mol. The minimum atomic E-state index is -1.24. The molecule has 0 radical (unpaired) electrons.